The van der Waals surface area contributed by atoms with Crippen LogP contribution in [0.25, 0.3) is 11.3 Å². The van der Waals surface area contributed by atoms with Gasteiger partial charge in [-0.15, -0.1) is 0 Å². The lowest BCUT2D eigenvalue weighted by Gasteiger charge is -2.11. The highest BCUT2D eigenvalue weighted by Crippen LogP contribution is 2.32. The molecule has 6 heteroatoms. The SMILES string of the molecule is COc1ccc(OC)c(-c2cc(N)c(=O)n(C)n2)c1. The molecule has 0 aliphatic rings. The number of nitrogen functional groups attached to an aromatic ring is 1. The summed E-state index contributed by atoms with van der Waals surface area (Å²) in [5.41, 5.74) is 6.75. The molecule has 0 unspecified atom stereocenters. The van der Waals surface area contributed by atoms with Gasteiger partial charge in [0.2, 0.25) is 0 Å². The second-order valence-corrected chi connectivity index (χ2v) is 3.98. The van der Waals surface area contributed by atoms with Gasteiger partial charge in [0.1, 0.15) is 17.2 Å². The molecule has 0 bridgehead atoms. The summed E-state index contributed by atoms with van der Waals surface area (Å²) in [6.07, 6.45) is 0. The molecule has 0 saturated heterocycles. The van der Waals surface area contributed by atoms with Crippen molar-refractivity contribution < 1.29 is 9.47 Å². The van der Waals surface area contributed by atoms with E-state index in [0.717, 1.165) is 0 Å². The predicted octanol–water partition coefficient (Wildman–Crippen LogP) is 1.05. The number of aromatic nitrogens is 2. The predicted molar refractivity (Wildman–Crippen MR) is 72.4 cm³/mol. The number of rotatable bonds is 3. The van der Waals surface area contributed by atoms with Gasteiger partial charge in [-0.2, -0.15) is 5.10 Å². The van der Waals surface area contributed by atoms with Crippen LogP contribution in [0.4, 0.5) is 5.69 Å². The number of aryl methyl sites for hydroxylation is 1. The number of ether oxygens (including phenoxy) is 2. The molecule has 0 amide bonds. The average Bonchev–Trinajstić information content (AvgIpc) is 2.43. The van der Waals surface area contributed by atoms with Crippen molar-refractivity contribution in [2.45, 2.75) is 0 Å². The number of nitrogens with zero attached hydrogens (tertiary/aromatic N) is 2. The van der Waals surface area contributed by atoms with Crippen molar-refractivity contribution in [3.63, 3.8) is 0 Å². The molecule has 0 aliphatic carbocycles. The van der Waals surface area contributed by atoms with Gasteiger partial charge in [-0.1, -0.05) is 0 Å². The molecule has 19 heavy (non-hydrogen) atoms. The Morgan fingerprint density at radius 1 is 1.21 bits per heavy atom. The van der Waals surface area contributed by atoms with Crippen LogP contribution in [0.15, 0.2) is 29.1 Å². The van der Waals surface area contributed by atoms with E-state index in [-0.39, 0.29) is 11.2 Å². The van der Waals surface area contributed by atoms with Gasteiger partial charge in [-0.3, -0.25) is 4.79 Å². The van der Waals surface area contributed by atoms with Gasteiger partial charge in [0, 0.05) is 12.6 Å². The zero-order chi connectivity index (χ0) is 14.0. The summed E-state index contributed by atoms with van der Waals surface area (Å²) in [6.45, 7) is 0. The van der Waals surface area contributed by atoms with Crippen molar-refractivity contribution in [3.8, 4) is 22.8 Å². The lowest BCUT2D eigenvalue weighted by molar-refractivity contribution is 0.404. The highest BCUT2D eigenvalue weighted by molar-refractivity contribution is 5.70. The lowest BCUT2D eigenvalue weighted by atomic mass is 10.1. The van der Waals surface area contributed by atoms with E-state index in [0.29, 0.717) is 22.8 Å². The van der Waals surface area contributed by atoms with Crippen LogP contribution >= 0.6 is 0 Å². The van der Waals surface area contributed by atoms with E-state index in [9.17, 15) is 4.79 Å². The highest BCUT2D eigenvalue weighted by Gasteiger charge is 2.11. The summed E-state index contributed by atoms with van der Waals surface area (Å²) in [7, 11) is 4.69. The second kappa shape index (κ2) is 5.01. The first-order valence-electron chi connectivity index (χ1n) is 5.63. The normalized spacial score (nSPS) is 10.3. The van der Waals surface area contributed by atoms with E-state index in [4.69, 9.17) is 15.2 Å². The molecule has 2 aromatic rings. The van der Waals surface area contributed by atoms with E-state index < -0.39 is 0 Å². The Hall–Kier alpha value is -2.50. The zero-order valence-corrected chi connectivity index (χ0v) is 11.0. The van der Waals surface area contributed by atoms with Crippen LogP contribution in [0.3, 0.4) is 0 Å². The van der Waals surface area contributed by atoms with Crippen molar-refractivity contribution in [3.05, 3.63) is 34.6 Å². The zero-order valence-electron chi connectivity index (χ0n) is 11.0. The Balaban J connectivity index is 2.66. The Labute approximate surface area is 110 Å². The van der Waals surface area contributed by atoms with Crippen LogP contribution in [-0.2, 0) is 7.05 Å². The summed E-state index contributed by atoms with van der Waals surface area (Å²) >= 11 is 0. The van der Waals surface area contributed by atoms with Crippen LogP contribution < -0.4 is 20.8 Å². The molecular formula is C13H15N3O3. The minimum Gasteiger partial charge on any atom is -0.497 e. The fourth-order valence-electron chi connectivity index (χ4n) is 1.78. The first-order valence-corrected chi connectivity index (χ1v) is 5.63. The lowest BCUT2D eigenvalue weighted by Crippen LogP contribution is -2.22. The van der Waals surface area contributed by atoms with Crippen molar-refractivity contribution >= 4 is 5.69 Å². The molecule has 0 spiro atoms. The molecular weight excluding hydrogens is 246 g/mol. The maximum atomic E-state index is 11.5. The number of hydrogen-bond acceptors (Lipinski definition) is 5. The molecule has 1 aromatic heterocycles. The molecule has 1 heterocycles. The Kier molecular flexibility index (Phi) is 3.41. The molecule has 0 saturated carbocycles. The first-order chi connectivity index (χ1) is 9.06. The van der Waals surface area contributed by atoms with E-state index >= 15 is 0 Å². The highest BCUT2D eigenvalue weighted by atomic mass is 16.5. The smallest absolute Gasteiger partial charge is 0.289 e. The Morgan fingerprint density at radius 2 is 1.95 bits per heavy atom. The van der Waals surface area contributed by atoms with Crippen molar-refractivity contribution in [2.24, 2.45) is 7.05 Å². The topological polar surface area (TPSA) is 79.4 Å². The molecule has 100 valence electrons. The molecule has 2 rings (SSSR count). The first kappa shape index (κ1) is 12.9. The second-order valence-electron chi connectivity index (χ2n) is 3.98. The van der Waals surface area contributed by atoms with Gasteiger partial charge >= 0.3 is 0 Å². The third kappa shape index (κ3) is 2.37. The largest absolute Gasteiger partial charge is 0.497 e. The average molecular weight is 261 g/mol. The number of hydrogen-bond donors (Lipinski definition) is 1. The van der Waals surface area contributed by atoms with Crippen LogP contribution in [-0.4, -0.2) is 24.0 Å². The number of benzene rings is 1. The van der Waals surface area contributed by atoms with Crippen LogP contribution in [0.5, 0.6) is 11.5 Å². The van der Waals surface area contributed by atoms with Gasteiger partial charge in [0.15, 0.2) is 0 Å². The monoisotopic (exact) mass is 261 g/mol. The van der Waals surface area contributed by atoms with Gasteiger partial charge < -0.3 is 15.2 Å². The van der Waals surface area contributed by atoms with E-state index in [2.05, 4.69) is 5.10 Å². The van der Waals surface area contributed by atoms with Crippen LogP contribution in [0.2, 0.25) is 0 Å². The molecule has 0 aliphatic heterocycles. The summed E-state index contributed by atoms with van der Waals surface area (Å²) in [5.74, 6) is 1.30. The van der Waals surface area contributed by atoms with Crippen LogP contribution in [0, 0.1) is 0 Å². The van der Waals surface area contributed by atoms with Gasteiger partial charge in [0.05, 0.1) is 19.9 Å². The fourth-order valence-corrected chi connectivity index (χ4v) is 1.78. The minimum atomic E-state index is -0.328. The van der Waals surface area contributed by atoms with E-state index in [1.54, 1.807) is 39.5 Å². The third-order valence-electron chi connectivity index (χ3n) is 2.77. The van der Waals surface area contributed by atoms with Crippen molar-refractivity contribution in [1.29, 1.82) is 0 Å². The van der Waals surface area contributed by atoms with Crippen molar-refractivity contribution in [1.82, 2.24) is 9.78 Å². The maximum Gasteiger partial charge on any atom is 0.289 e. The van der Waals surface area contributed by atoms with Gasteiger partial charge in [-0.05, 0) is 24.3 Å². The molecule has 6 nitrogen and oxygen atoms in total. The number of anilines is 1. The molecule has 0 radical (unpaired) electrons. The molecule has 1 aromatic carbocycles. The minimum absolute atomic E-state index is 0.136. The van der Waals surface area contributed by atoms with Gasteiger partial charge in [0.25, 0.3) is 5.56 Å². The fraction of sp³-hybridized carbons (Fsp3) is 0.231. The third-order valence-corrected chi connectivity index (χ3v) is 2.77. The summed E-state index contributed by atoms with van der Waals surface area (Å²) in [6, 6.07) is 6.87. The Morgan fingerprint density at radius 3 is 2.53 bits per heavy atom. The standard InChI is InChI=1S/C13H15N3O3/c1-16-13(17)10(14)7-11(15-16)9-6-8(18-2)4-5-12(9)19-3/h4-7H,14H2,1-3H3. The summed E-state index contributed by atoms with van der Waals surface area (Å²) in [5, 5.41) is 4.18. The maximum absolute atomic E-state index is 11.5. The quantitative estimate of drug-likeness (QED) is 0.893. The molecule has 0 atom stereocenters. The van der Waals surface area contributed by atoms with Crippen molar-refractivity contribution in [2.75, 3.05) is 20.0 Å². The van der Waals surface area contributed by atoms with Gasteiger partial charge in [-0.25, -0.2) is 4.68 Å². The van der Waals surface area contributed by atoms with E-state index in [1.807, 2.05) is 0 Å². The number of nitrogens with two attached hydrogens (primary N) is 1. The molecule has 2 N–H and O–H groups in total. The summed E-state index contributed by atoms with van der Waals surface area (Å²) < 4.78 is 11.7. The Bertz CT molecular complexity index is 638. The summed E-state index contributed by atoms with van der Waals surface area (Å²) in [4.78, 5) is 11.5. The number of methoxy groups -OCH3 is 2. The van der Waals surface area contributed by atoms with E-state index in [1.165, 1.54) is 10.7 Å². The molecule has 0 fully saturated rings. The van der Waals surface area contributed by atoms with Crippen LogP contribution in [0.1, 0.15) is 0 Å².